The lowest BCUT2D eigenvalue weighted by molar-refractivity contribution is -0.384. The highest BCUT2D eigenvalue weighted by atomic mass is 32.1. The molecule has 0 aliphatic heterocycles. The molecule has 1 N–H and O–H groups in total. The van der Waals surface area contributed by atoms with Crippen molar-refractivity contribution in [1.29, 1.82) is 0 Å². The second-order valence-corrected chi connectivity index (χ2v) is 4.45. The Morgan fingerprint density at radius 2 is 2.28 bits per heavy atom. The zero-order valence-corrected chi connectivity index (χ0v) is 9.88. The van der Waals surface area contributed by atoms with Gasteiger partial charge in [-0.3, -0.25) is 14.9 Å². The van der Waals surface area contributed by atoms with Crippen LogP contribution in [0.3, 0.4) is 0 Å². The maximum atomic E-state index is 10.6. The first-order valence-corrected chi connectivity index (χ1v) is 5.85. The van der Waals surface area contributed by atoms with Gasteiger partial charge in [0.05, 0.1) is 17.0 Å². The lowest BCUT2D eigenvalue weighted by atomic mass is 10.1. The molecule has 0 fully saturated rings. The van der Waals surface area contributed by atoms with Crippen LogP contribution in [0.5, 0.6) is 0 Å². The highest BCUT2D eigenvalue weighted by molar-refractivity contribution is 7.10. The van der Waals surface area contributed by atoms with Gasteiger partial charge in [0, 0.05) is 23.1 Å². The first kappa shape index (κ1) is 12.2. The van der Waals surface area contributed by atoms with E-state index in [2.05, 4.69) is 4.98 Å². The third-order valence-corrected chi connectivity index (χ3v) is 3.06. The van der Waals surface area contributed by atoms with Crippen molar-refractivity contribution < 1.29 is 14.8 Å². The molecule has 0 spiro atoms. The van der Waals surface area contributed by atoms with E-state index < -0.39 is 10.9 Å². The summed E-state index contributed by atoms with van der Waals surface area (Å²) in [5, 5.41) is 21.5. The number of hydrogen-bond acceptors (Lipinski definition) is 5. The minimum absolute atomic E-state index is 0.0136. The van der Waals surface area contributed by atoms with Gasteiger partial charge in [-0.25, -0.2) is 4.98 Å². The molecule has 18 heavy (non-hydrogen) atoms. The van der Waals surface area contributed by atoms with Gasteiger partial charge < -0.3 is 5.11 Å². The van der Waals surface area contributed by atoms with E-state index in [1.54, 1.807) is 17.5 Å². The number of nitrogens with zero attached hydrogens (tertiary/aromatic N) is 2. The molecule has 2 rings (SSSR count). The number of carbonyl (C=O) groups is 1. The van der Waals surface area contributed by atoms with E-state index in [1.807, 2.05) is 0 Å². The van der Waals surface area contributed by atoms with Crippen LogP contribution in [0, 0.1) is 10.1 Å². The fourth-order valence-corrected chi connectivity index (χ4v) is 2.23. The smallest absolute Gasteiger partial charge is 0.310 e. The fourth-order valence-electron chi connectivity index (χ4n) is 1.43. The zero-order valence-electron chi connectivity index (χ0n) is 9.07. The standard InChI is InChI=1S/C11H8N2O4S/c14-11(15)5-10-12-9(6-18-10)7-2-1-3-8(4-7)13(16)17/h1-4,6H,5H2,(H,14,15). The molecule has 1 aromatic heterocycles. The minimum Gasteiger partial charge on any atom is -0.481 e. The molecule has 0 atom stereocenters. The van der Waals surface area contributed by atoms with Gasteiger partial charge in [0.25, 0.3) is 5.69 Å². The normalized spacial score (nSPS) is 10.2. The molecule has 1 heterocycles. The summed E-state index contributed by atoms with van der Waals surface area (Å²) in [5.74, 6) is -0.949. The molecule has 6 nitrogen and oxygen atoms in total. The van der Waals surface area contributed by atoms with Gasteiger partial charge in [-0.2, -0.15) is 0 Å². The van der Waals surface area contributed by atoms with E-state index in [1.165, 1.54) is 23.5 Å². The van der Waals surface area contributed by atoms with Gasteiger partial charge in [-0.1, -0.05) is 12.1 Å². The third kappa shape index (κ3) is 2.69. The van der Waals surface area contributed by atoms with Crippen LogP contribution in [-0.4, -0.2) is 21.0 Å². The van der Waals surface area contributed by atoms with Gasteiger partial charge in [-0.15, -0.1) is 11.3 Å². The molecule has 0 amide bonds. The SMILES string of the molecule is O=C(O)Cc1nc(-c2cccc([N+](=O)[O-])c2)cs1. The van der Waals surface area contributed by atoms with Crippen molar-refractivity contribution in [3.05, 3.63) is 44.8 Å². The van der Waals surface area contributed by atoms with Crippen molar-refractivity contribution in [3.63, 3.8) is 0 Å². The van der Waals surface area contributed by atoms with Gasteiger partial charge in [-0.05, 0) is 0 Å². The fraction of sp³-hybridized carbons (Fsp3) is 0.0909. The van der Waals surface area contributed by atoms with E-state index in [9.17, 15) is 14.9 Å². The van der Waals surface area contributed by atoms with Gasteiger partial charge in [0.2, 0.25) is 0 Å². The Labute approximate surface area is 106 Å². The monoisotopic (exact) mass is 264 g/mol. The lowest BCUT2D eigenvalue weighted by Gasteiger charge is -1.96. The highest BCUT2D eigenvalue weighted by Gasteiger charge is 2.11. The first-order valence-electron chi connectivity index (χ1n) is 4.97. The summed E-state index contributed by atoms with van der Waals surface area (Å²) in [6, 6.07) is 6.09. The van der Waals surface area contributed by atoms with E-state index >= 15 is 0 Å². The molecular weight excluding hydrogens is 256 g/mol. The molecule has 0 bridgehead atoms. The Morgan fingerprint density at radius 3 is 2.94 bits per heavy atom. The van der Waals surface area contributed by atoms with Gasteiger partial charge in [0.15, 0.2) is 0 Å². The van der Waals surface area contributed by atoms with Crippen molar-refractivity contribution in [2.45, 2.75) is 6.42 Å². The summed E-state index contributed by atoms with van der Waals surface area (Å²) in [7, 11) is 0. The molecule has 92 valence electrons. The largest absolute Gasteiger partial charge is 0.481 e. The second kappa shape index (κ2) is 4.92. The number of aromatic nitrogens is 1. The third-order valence-electron chi connectivity index (χ3n) is 2.21. The highest BCUT2D eigenvalue weighted by Crippen LogP contribution is 2.25. The Bertz CT molecular complexity index is 609. The van der Waals surface area contributed by atoms with Gasteiger partial charge in [0.1, 0.15) is 5.01 Å². The van der Waals surface area contributed by atoms with Crippen molar-refractivity contribution >= 4 is 23.0 Å². The number of hydrogen-bond donors (Lipinski definition) is 1. The molecule has 0 aliphatic carbocycles. The van der Waals surface area contributed by atoms with E-state index in [0.717, 1.165) is 0 Å². The second-order valence-electron chi connectivity index (χ2n) is 3.50. The van der Waals surface area contributed by atoms with E-state index in [0.29, 0.717) is 16.3 Å². The first-order chi connectivity index (χ1) is 8.56. The Kier molecular flexibility index (Phi) is 3.33. The number of nitro groups is 1. The van der Waals surface area contributed by atoms with Crippen molar-refractivity contribution in [2.75, 3.05) is 0 Å². The average molecular weight is 264 g/mol. The number of carboxylic acid groups (broad SMARTS) is 1. The molecule has 0 radical (unpaired) electrons. The summed E-state index contributed by atoms with van der Waals surface area (Å²) in [4.78, 5) is 24.8. The van der Waals surface area contributed by atoms with Crippen molar-refractivity contribution in [3.8, 4) is 11.3 Å². The number of nitro benzene ring substituents is 1. The molecular formula is C11H8N2O4S. The van der Waals surface area contributed by atoms with Crippen LogP contribution in [0.4, 0.5) is 5.69 Å². The predicted octanol–water partition coefficient (Wildman–Crippen LogP) is 2.35. The van der Waals surface area contributed by atoms with Crippen LogP contribution in [0.25, 0.3) is 11.3 Å². The zero-order chi connectivity index (χ0) is 13.1. The number of rotatable bonds is 4. The molecule has 7 heteroatoms. The minimum atomic E-state index is -0.949. The molecule has 0 aliphatic rings. The molecule has 0 saturated carbocycles. The number of aliphatic carboxylic acids is 1. The number of non-ortho nitro benzene ring substituents is 1. The topological polar surface area (TPSA) is 93.3 Å². The number of carboxylic acids is 1. The summed E-state index contributed by atoms with van der Waals surface area (Å²) in [5.41, 5.74) is 1.15. The van der Waals surface area contributed by atoms with Crippen LogP contribution < -0.4 is 0 Å². The quantitative estimate of drug-likeness (QED) is 0.675. The van der Waals surface area contributed by atoms with E-state index in [-0.39, 0.29) is 12.1 Å². The van der Waals surface area contributed by atoms with Crippen LogP contribution in [0.1, 0.15) is 5.01 Å². The Hall–Kier alpha value is -2.28. The maximum Gasteiger partial charge on any atom is 0.310 e. The molecule has 0 saturated heterocycles. The van der Waals surface area contributed by atoms with Crippen LogP contribution in [-0.2, 0) is 11.2 Å². The molecule has 0 unspecified atom stereocenters. The lowest BCUT2D eigenvalue weighted by Crippen LogP contribution is -1.99. The predicted molar refractivity (Wildman–Crippen MR) is 65.5 cm³/mol. The molecule has 1 aromatic carbocycles. The Morgan fingerprint density at radius 1 is 1.50 bits per heavy atom. The van der Waals surface area contributed by atoms with Crippen molar-refractivity contribution in [1.82, 2.24) is 4.98 Å². The number of thiazole rings is 1. The summed E-state index contributed by atoms with van der Waals surface area (Å²) < 4.78 is 0. The summed E-state index contributed by atoms with van der Waals surface area (Å²) >= 11 is 1.23. The summed E-state index contributed by atoms with van der Waals surface area (Å²) in [6.45, 7) is 0. The van der Waals surface area contributed by atoms with Crippen molar-refractivity contribution in [2.24, 2.45) is 0 Å². The Balaban J connectivity index is 2.31. The van der Waals surface area contributed by atoms with Crippen LogP contribution >= 0.6 is 11.3 Å². The number of benzene rings is 1. The van der Waals surface area contributed by atoms with Crippen LogP contribution in [0.15, 0.2) is 29.6 Å². The average Bonchev–Trinajstić information content (AvgIpc) is 2.77. The van der Waals surface area contributed by atoms with Gasteiger partial charge >= 0.3 is 5.97 Å². The molecule has 2 aromatic rings. The maximum absolute atomic E-state index is 10.6. The van der Waals surface area contributed by atoms with E-state index in [4.69, 9.17) is 5.11 Å². The van der Waals surface area contributed by atoms with Crippen LogP contribution in [0.2, 0.25) is 0 Å². The summed E-state index contributed by atoms with van der Waals surface area (Å²) in [6.07, 6.45) is -0.139.